The van der Waals surface area contributed by atoms with Crippen LogP contribution in [0.15, 0.2) is 34.5 Å². The minimum absolute atomic E-state index is 0.0457. The number of furan rings is 1. The molecular formula is C20H22O6. The van der Waals surface area contributed by atoms with Crippen LogP contribution in [-0.4, -0.2) is 29.8 Å². The summed E-state index contributed by atoms with van der Waals surface area (Å²) in [6, 6.07) is 3.61. The standard InChI is InChI=1S/C20H22O6/c1-11-8-16(21)20-10-25-17(22)12(20)4-2-6-15(20)19(11)9-14(26-18(19)23)13-5-3-7-24-13/h3-5,7,11,14-16,21H,2,6,8-10H2,1H3. The summed E-state index contributed by atoms with van der Waals surface area (Å²) in [4.78, 5) is 25.5. The van der Waals surface area contributed by atoms with Gasteiger partial charge in [-0.3, -0.25) is 4.79 Å². The number of hydrogen-bond donors (Lipinski definition) is 1. The van der Waals surface area contributed by atoms with Crippen molar-refractivity contribution in [1.82, 2.24) is 0 Å². The van der Waals surface area contributed by atoms with Crippen molar-refractivity contribution >= 4 is 11.9 Å². The Morgan fingerprint density at radius 3 is 2.88 bits per heavy atom. The first kappa shape index (κ1) is 16.1. The lowest BCUT2D eigenvalue weighted by molar-refractivity contribution is -0.174. The van der Waals surface area contributed by atoms with Crippen molar-refractivity contribution < 1.29 is 28.6 Å². The van der Waals surface area contributed by atoms with Crippen molar-refractivity contribution in [3.05, 3.63) is 35.8 Å². The van der Waals surface area contributed by atoms with E-state index in [1.165, 1.54) is 0 Å². The molecule has 2 aliphatic heterocycles. The third kappa shape index (κ3) is 1.76. The number of aliphatic hydroxyl groups excluding tert-OH is 1. The predicted molar refractivity (Wildman–Crippen MR) is 88.6 cm³/mol. The summed E-state index contributed by atoms with van der Waals surface area (Å²) in [7, 11) is 0. The first-order valence-electron chi connectivity index (χ1n) is 9.30. The van der Waals surface area contributed by atoms with Crippen LogP contribution in [0.25, 0.3) is 0 Å². The zero-order valence-electron chi connectivity index (χ0n) is 14.6. The van der Waals surface area contributed by atoms with Crippen molar-refractivity contribution in [3.8, 4) is 0 Å². The number of carbonyl (C=O) groups is 2. The predicted octanol–water partition coefficient (Wildman–Crippen LogP) is 2.53. The molecule has 6 nitrogen and oxygen atoms in total. The lowest BCUT2D eigenvalue weighted by Gasteiger charge is -2.56. The quantitative estimate of drug-likeness (QED) is 0.777. The molecule has 6 atom stereocenters. The molecule has 3 heterocycles. The molecule has 2 saturated heterocycles. The van der Waals surface area contributed by atoms with Gasteiger partial charge in [0.25, 0.3) is 0 Å². The molecule has 0 bridgehead atoms. The highest BCUT2D eigenvalue weighted by Gasteiger charge is 2.71. The smallest absolute Gasteiger partial charge is 0.334 e. The van der Waals surface area contributed by atoms with Crippen molar-refractivity contribution in [2.24, 2.45) is 22.7 Å². The first-order chi connectivity index (χ1) is 12.5. The molecule has 0 aromatic carbocycles. The molecule has 4 aliphatic rings. The molecule has 0 amide bonds. The molecule has 1 aromatic rings. The van der Waals surface area contributed by atoms with E-state index in [-0.39, 0.29) is 30.4 Å². The fourth-order valence-electron chi connectivity index (χ4n) is 6.06. The number of rotatable bonds is 1. The lowest BCUT2D eigenvalue weighted by atomic mass is 9.45. The fourth-order valence-corrected chi connectivity index (χ4v) is 6.06. The van der Waals surface area contributed by atoms with Crippen LogP contribution in [0.2, 0.25) is 0 Å². The highest BCUT2D eigenvalue weighted by molar-refractivity contribution is 5.93. The number of fused-ring (bicyclic) bond motifs is 1. The second-order valence-electron chi connectivity index (χ2n) is 8.17. The molecular weight excluding hydrogens is 336 g/mol. The maximum atomic E-state index is 13.2. The Kier molecular flexibility index (Phi) is 3.24. The van der Waals surface area contributed by atoms with E-state index < -0.39 is 23.0 Å². The third-order valence-corrected chi connectivity index (χ3v) is 7.27. The van der Waals surface area contributed by atoms with Crippen molar-refractivity contribution in [3.63, 3.8) is 0 Å². The fraction of sp³-hybridized carbons (Fsp3) is 0.600. The number of esters is 2. The summed E-state index contributed by atoms with van der Waals surface area (Å²) in [6.07, 6.45) is 4.77. The number of ether oxygens (including phenoxy) is 2. The van der Waals surface area contributed by atoms with E-state index in [0.717, 1.165) is 6.42 Å². The van der Waals surface area contributed by atoms with Gasteiger partial charge >= 0.3 is 11.9 Å². The highest BCUT2D eigenvalue weighted by Crippen LogP contribution is 2.67. The van der Waals surface area contributed by atoms with Gasteiger partial charge in [-0.25, -0.2) is 4.79 Å². The maximum absolute atomic E-state index is 13.2. The highest BCUT2D eigenvalue weighted by atomic mass is 16.6. The zero-order valence-corrected chi connectivity index (χ0v) is 14.6. The number of aliphatic hydroxyl groups is 1. The number of allylic oxidation sites excluding steroid dienone is 1. The van der Waals surface area contributed by atoms with E-state index >= 15 is 0 Å². The van der Waals surface area contributed by atoms with E-state index in [1.807, 2.05) is 19.1 Å². The number of cyclic esters (lactones) is 2. The summed E-state index contributed by atoms with van der Waals surface area (Å²) in [6.45, 7) is 2.16. The Morgan fingerprint density at radius 1 is 1.27 bits per heavy atom. The van der Waals surface area contributed by atoms with Gasteiger partial charge in [-0.2, -0.15) is 0 Å². The van der Waals surface area contributed by atoms with Crippen LogP contribution in [0.4, 0.5) is 0 Å². The van der Waals surface area contributed by atoms with Gasteiger partial charge in [0.15, 0.2) is 6.10 Å². The van der Waals surface area contributed by atoms with Crippen LogP contribution in [0.5, 0.6) is 0 Å². The monoisotopic (exact) mass is 358 g/mol. The Bertz CT molecular complexity index is 795. The van der Waals surface area contributed by atoms with Gasteiger partial charge in [0, 0.05) is 12.0 Å². The largest absolute Gasteiger partial charge is 0.465 e. The van der Waals surface area contributed by atoms with Gasteiger partial charge in [-0.15, -0.1) is 0 Å². The number of hydrogen-bond acceptors (Lipinski definition) is 6. The molecule has 2 aliphatic carbocycles. The van der Waals surface area contributed by atoms with Crippen LogP contribution in [0, 0.1) is 22.7 Å². The average molecular weight is 358 g/mol. The van der Waals surface area contributed by atoms with Gasteiger partial charge < -0.3 is 19.0 Å². The summed E-state index contributed by atoms with van der Waals surface area (Å²) in [5.41, 5.74) is -0.968. The molecule has 3 fully saturated rings. The van der Waals surface area contributed by atoms with E-state index in [4.69, 9.17) is 13.9 Å². The van der Waals surface area contributed by atoms with E-state index in [9.17, 15) is 14.7 Å². The molecule has 5 rings (SSSR count). The minimum atomic E-state index is -0.793. The minimum Gasteiger partial charge on any atom is -0.465 e. The summed E-state index contributed by atoms with van der Waals surface area (Å²) in [5, 5.41) is 11.0. The van der Waals surface area contributed by atoms with Crippen molar-refractivity contribution in [2.45, 2.75) is 44.8 Å². The van der Waals surface area contributed by atoms with E-state index in [0.29, 0.717) is 30.6 Å². The topological polar surface area (TPSA) is 86.0 Å². The molecule has 6 heteroatoms. The Balaban J connectivity index is 1.62. The Morgan fingerprint density at radius 2 is 2.12 bits per heavy atom. The molecule has 2 spiro atoms. The van der Waals surface area contributed by atoms with Crippen LogP contribution in [0.3, 0.4) is 0 Å². The van der Waals surface area contributed by atoms with E-state index in [2.05, 4.69) is 0 Å². The maximum Gasteiger partial charge on any atom is 0.334 e. The SMILES string of the molecule is CC1CC(O)C23COC(=O)C2=CCCC3C12CC(c1ccco1)OC2=O. The van der Waals surface area contributed by atoms with Gasteiger partial charge in [-0.1, -0.05) is 13.0 Å². The van der Waals surface area contributed by atoms with Gasteiger partial charge in [-0.05, 0) is 43.2 Å². The van der Waals surface area contributed by atoms with E-state index in [1.54, 1.807) is 12.3 Å². The number of carbonyl (C=O) groups excluding carboxylic acids is 2. The molecule has 26 heavy (non-hydrogen) atoms. The molecule has 1 N–H and O–H groups in total. The van der Waals surface area contributed by atoms with Gasteiger partial charge in [0.05, 0.1) is 23.2 Å². The summed E-state index contributed by atoms with van der Waals surface area (Å²) < 4.78 is 16.6. The molecule has 0 radical (unpaired) electrons. The van der Waals surface area contributed by atoms with Crippen LogP contribution >= 0.6 is 0 Å². The first-order valence-corrected chi connectivity index (χ1v) is 9.30. The van der Waals surface area contributed by atoms with Crippen LogP contribution in [0.1, 0.15) is 44.5 Å². The Hall–Kier alpha value is -2.08. The molecule has 6 unspecified atom stereocenters. The normalized spacial score (nSPS) is 44.3. The second kappa shape index (κ2) is 5.22. The second-order valence-corrected chi connectivity index (χ2v) is 8.17. The van der Waals surface area contributed by atoms with Crippen LogP contribution in [-0.2, 0) is 19.1 Å². The van der Waals surface area contributed by atoms with Crippen LogP contribution < -0.4 is 0 Å². The van der Waals surface area contributed by atoms with Gasteiger partial charge in [0.1, 0.15) is 12.4 Å². The van der Waals surface area contributed by atoms with Crippen molar-refractivity contribution in [2.75, 3.05) is 6.61 Å². The van der Waals surface area contributed by atoms with Crippen molar-refractivity contribution in [1.29, 1.82) is 0 Å². The van der Waals surface area contributed by atoms with Gasteiger partial charge in [0.2, 0.25) is 0 Å². The summed E-state index contributed by atoms with van der Waals surface area (Å²) in [5.74, 6) is -0.160. The lowest BCUT2D eigenvalue weighted by Crippen LogP contribution is -2.60. The molecule has 138 valence electrons. The average Bonchev–Trinajstić information content (AvgIpc) is 3.33. The zero-order chi connectivity index (χ0) is 18.1. The third-order valence-electron chi connectivity index (χ3n) is 7.27. The molecule has 1 saturated carbocycles. The summed E-state index contributed by atoms with van der Waals surface area (Å²) >= 11 is 0. The molecule has 1 aromatic heterocycles. The Labute approximate surface area is 151 Å².